The van der Waals surface area contributed by atoms with Gasteiger partial charge in [0.15, 0.2) is 0 Å². The molecule has 1 fully saturated rings. The maximum atomic E-state index is 10.4. The summed E-state index contributed by atoms with van der Waals surface area (Å²) in [5.41, 5.74) is 1.60. The minimum atomic E-state index is -0.457. The zero-order chi connectivity index (χ0) is 11.6. The van der Waals surface area contributed by atoms with Crippen LogP contribution < -0.4 is 0 Å². The minimum absolute atomic E-state index is 0.334. The van der Waals surface area contributed by atoms with Crippen molar-refractivity contribution in [1.82, 2.24) is 0 Å². The summed E-state index contributed by atoms with van der Waals surface area (Å²) in [7, 11) is 0. The van der Waals surface area contributed by atoms with Crippen molar-refractivity contribution in [3.05, 3.63) is 35.4 Å². The fourth-order valence-corrected chi connectivity index (χ4v) is 2.14. The highest BCUT2D eigenvalue weighted by Gasteiger charge is 2.38. The van der Waals surface area contributed by atoms with Gasteiger partial charge < -0.3 is 5.11 Å². The first-order valence-electron chi connectivity index (χ1n) is 5.55. The molecule has 1 aromatic rings. The summed E-state index contributed by atoms with van der Waals surface area (Å²) in [6.45, 7) is 1.73. The van der Waals surface area contributed by atoms with Gasteiger partial charge in [-0.1, -0.05) is 24.3 Å². The Labute approximate surface area is 94.8 Å². The first-order valence-corrected chi connectivity index (χ1v) is 5.55. The smallest absolute Gasteiger partial charge is 0.235 e. The Morgan fingerprint density at radius 1 is 1.38 bits per heavy atom. The molecular formula is C13H15NO2. The number of aliphatic hydroxyl groups excluding tert-OH is 1. The van der Waals surface area contributed by atoms with Crippen molar-refractivity contribution in [1.29, 1.82) is 0 Å². The summed E-state index contributed by atoms with van der Waals surface area (Å²) in [5, 5.41) is 9.41. The van der Waals surface area contributed by atoms with E-state index in [4.69, 9.17) is 0 Å². The van der Waals surface area contributed by atoms with Crippen molar-refractivity contribution in [3.8, 4) is 0 Å². The normalized spacial score (nSPS) is 19.4. The van der Waals surface area contributed by atoms with Crippen molar-refractivity contribution in [3.63, 3.8) is 0 Å². The Morgan fingerprint density at radius 3 is 2.38 bits per heavy atom. The van der Waals surface area contributed by atoms with E-state index in [9.17, 15) is 9.90 Å². The van der Waals surface area contributed by atoms with Gasteiger partial charge in [-0.15, -0.1) is 0 Å². The number of hydrogen-bond acceptors (Lipinski definition) is 3. The van der Waals surface area contributed by atoms with Gasteiger partial charge in [0.2, 0.25) is 6.08 Å². The summed E-state index contributed by atoms with van der Waals surface area (Å²) in [5.74, 6) is 0. The molecule has 1 atom stereocenters. The Kier molecular flexibility index (Phi) is 2.90. The SMILES string of the molecule is CC(O)c1ccc(C2(N=C=O)CCC2)cc1. The van der Waals surface area contributed by atoms with Crippen molar-refractivity contribution >= 4 is 6.08 Å². The molecule has 1 saturated carbocycles. The summed E-state index contributed by atoms with van der Waals surface area (Å²) in [4.78, 5) is 14.4. The van der Waals surface area contributed by atoms with Gasteiger partial charge in [-0.3, -0.25) is 0 Å². The lowest BCUT2D eigenvalue weighted by Gasteiger charge is -2.37. The monoisotopic (exact) mass is 217 g/mol. The molecular weight excluding hydrogens is 202 g/mol. The van der Waals surface area contributed by atoms with Crippen LogP contribution in [-0.4, -0.2) is 11.2 Å². The molecule has 1 unspecified atom stereocenters. The first-order chi connectivity index (χ1) is 7.68. The van der Waals surface area contributed by atoms with E-state index >= 15 is 0 Å². The number of isocyanates is 1. The van der Waals surface area contributed by atoms with Crippen LogP contribution in [0.4, 0.5) is 0 Å². The van der Waals surface area contributed by atoms with Gasteiger partial charge in [0.25, 0.3) is 0 Å². The lowest BCUT2D eigenvalue weighted by atomic mass is 9.72. The van der Waals surface area contributed by atoms with Crippen LogP contribution in [0.3, 0.4) is 0 Å². The molecule has 0 aliphatic heterocycles. The molecule has 1 aliphatic rings. The van der Waals surface area contributed by atoms with Crippen LogP contribution in [0.25, 0.3) is 0 Å². The predicted octanol–water partition coefficient (Wildman–Crippen LogP) is 2.45. The van der Waals surface area contributed by atoms with E-state index in [1.165, 1.54) is 0 Å². The van der Waals surface area contributed by atoms with E-state index in [-0.39, 0.29) is 5.54 Å². The maximum absolute atomic E-state index is 10.4. The highest BCUT2D eigenvalue weighted by atomic mass is 16.3. The van der Waals surface area contributed by atoms with Crippen LogP contribution in [0.15, 0.2) is 29.3 Å². The molecule has 0 saturated heterocycles. The molecule has 0 radical (unpaired) electrons. The van der Waals surface area contributed by atoms with Crippen molar-refractivity contribution < 1.29 is 9.90 Å². The minimum Gasteiger partial charge on any atom is -0.389 e. The van der Waals surface area contributed by atoms with Crippen molar-refractivity contribution in [2.45, 2.75) is 37.8 Å². The molecule has 16 heavy (non-hydrogen) atoms. The molecule has 1 aliphatic carbocycles. The van der Waals surface area contributed by atoms with Gasteiger partial charge in [-0.25, -0.2) is 4.79 Å². The highest BCUT2D eigenvalue weighted by molar-refractivity contribution is 5.40. The average Bonchev–Trinajstić information content (AvgIpc) is 2.23. The van der Waals surface area contributed by atoms with Crippen molar-refractivity contribution in [2.24, 2.45) is 4.99 Å². The molecule has 0 amide bonds. The Bertz CT molecular complexity index is 412. The molecule has 3 nitrogen and oxygen atoms in total. The average molecular weight is 217 g/mol. The van der Waals surface area contributed by atoms with Gasteiger partial charge in [0.1, 0.15) is 0 Å². The van der Waals surface area contributed by atoms with Crippen LogP contribution in [0.5, 0.6) is 0 Å². The summed E-state index contributed by atoms with van der Waals surface area (Å²) in [6.07, 6.45) is 4.14. The number of aliphatic imine (C=N–C) groups is 1. The summed E-state index contributed by atoms with van der Waals surface area (Å²) in [6, 6.07) is 7.67. The van der Waals surface area contributed by atoms with E-state index < -0.39 is 6.10 Å². The second kappa shape index (κ2) is 4.20. The molecule has 0 heterocycles. The van der Waals surface area contributed by atoms with Gasteiger partial charge in [-0.2, -0.15) is 4.99 Å². The quantitative estimate of drug-likeness (QED) is 0.624. The number of aliphatic hydroxyl groups is 1. The molecule has 0 aromatic heterocycles. The van der Waals surface area contributed by atoms with Crippen LogP contribution in [0.2, 0.25) is 0 Å². The van der Waals surface area contributed by atoms with E-state index in [1.54, 1.807) is 13.0 Å². The third-order valence-corrected chi connectivity index (χ3v) is 3.37. The molecule has 0 spiro atoms. The zero-order valence-corrected chi connectivity index (χ0v) is 9.31. The number of nitrogens with zero attached hydrogens (tertiary/aromatic N) is 1. The van der Waals surface area contributed by atoms with Gasteiger partial charge >= 0.3 is 0 Å². The predicted molar refractivity (Wildman–Crippen MR) is 60.7 cm³/mol. The lowest BCUT2D eigenvalue weighted by Crippen LogP contribution is -2.31. The molecule has 1 N–H and O–H groups in total. The maximum Gasteiger partial charge on any atom is 0.235 e. The van der Waals surface area contributed by atoms with Crippen LogP contribution >= 0.6 is 0 Å². The molecule has 0 bridgehead atoms. The van der Waals surface area contributed by atoms with E-state index in [0.717, 1.165) is 30.4 Å². The number of rotatable bonds is 3. The van der Waals surface area contributed by atoms with E-state index in [0.29, 0.717) is 0 Å². The number of carbonyl (C=O) groups excluding carboxylic acids is 1. The molecule has 84 valence electrons. The van der Waals surface area contributed by atoms with Gasteiger partial charge in [0, 0.05) is 0 Å². The highest BCUT2D eigenvalue weighted by Crippen LogP contribution is 2.44. The third kappa shape index (κ3) is 1.80. The molecule has 1 aromatic carbocycles. The molecule has 2 rings (SSSR count). The lowest BCUT2D eigenvalue weighted by molar-refractivity contribution is 0.199. The number of benzene rings is 1. The Morgan fingerprint density at radius 2 is 2.00 bits per heavy atom. The summed E-state index contributed by atoms with van der Waals surface area (Å²) >= 11 is 0. The largest absolute Gasteiger partial charge is 0.389 e. The Balaban J connectivity index is 2.30. The number of hydrogen-bond donors (Lipinski definition) is 1. The summed E-state index contributed by atoms with van der Waals surface area (Å²) < 4.78 is 0. The Hall–Kier alpha value is -1.44. The standard InChI is InChI=1S/C13H15NO2/c1-10(16)11-3-5-12(6-4-11)13(14-9-15)7-2-8-13/h3-6,10,16H,2,7-8H2,1H3. The first kappa shape index (κ1) is 11.1. The van der Waals surface area contributed by atoms with Crippen LogP contribution in [-0.2, 0) is 10.3 Å². The van der Waals surface area contributed by atoms with Gasteiger partial charge in [-0.05, 0) is 37.3 Å². The zero-order valence-electron chi connectivity index (χ0n) is 9.31. The van der Waals surface area contributed by atoms with Crippen molar-refractivity contribution in [2.75, 3.05) is 0 Å². The fourth-order valence-electron chi connectivity index (χ4n) is 2.14. The fraction of sp³-hybridized carbons (Fsp3) is 0.462. The van der Waals surface area contributed by atoms with E-state index in [1.807, 2.05) is 24.3 Å². The van der Waals surface area contributed by atoms with Crippen LogP contribution in [0, 0.1) is 0 Å². The second-order valence-electron chi connectivity index (χ2n) is 4.39. The third-order valence-electron chi connectivity index (χ3n) is 3.37. The second-order valence-corrected chi connectivity index (χ2v) is 4.39. The molecule has 3 heteroatoms. The van der Waals surface area contributed by atoms with E-state index in [2.05, 4.69) is 4.99 Å². The van der Waals surface area contributed by atoms with Crippen LogP contribution in [0.1, 0.15) is 43.4 Å². The van der Waals surface area contributed by atoms with Gasteiger partial charge in [0.05, 0.1) is 11.6 Å². The topological polar surface area (TPSA) is 49.7 Å².